The van der Waals surface area contributed by atoms with Crippen LogP contribution in [-0.2, 0) is 55.9 Å². The number of aliphatic carboxylic acids is 1. The van der Waals surface area contributed by atoms with E-state index in [0.29, 0.717) is 106 Å². The van der Waals surface area contributed by atoms with Gasteiger partial charge in [-0.25, -0.2) is 4.79 Å². The fraction of sp³-hybridized carbons (Fsp3) is 0.559. The number of fused-ring (bicyclic) bond motifs is 1. The fourth-order valence-electron chi connectivity index (χ4n) is 16.4. The first kappa shape index (κ1) is 121. The Hall–Kier alpha value is -11.0. The molecule has 0 radical (unpaired) electrons. The minimum absolute atomic E-state index is 0.0178. The van der Waals surface area contributed by atoms with Gasteiger partial charge in [-0.1, -0.05) is 254 Å². The summed E-state index contributed by atoms with van der Waals surface area (Å²) in [6, 6.07) is 35.5. The Labute approximate surface area is 803 Å². The van der Waals surface area contributed by atoms with Gasteiger partial charge in [0.05, 0.1) is 69.7 Å². The monoisotopic (exact) mass is 1860 g/mol. The minimum Gasteiger partial charge on any atom is -0.496 e. The highest BCUT2D eigenvalue weighted by Gasteiger charge is 2.41. The SMILES string of the molecule is C=C1c2ccccc2C(=O)N1C(C(=O)NCC(=O)C(C(C)C)C(C)C)C(C)C.CC(=O)C(C(C)C)C(C)C.CC(C)C(Cc1ccccc1)C(=O)CNC(=O)c1cccnc1.CC(C)CC(C(=O)O)C(C)C.CCOC(=O)c1cccc(CC(=O)C(CC(C)C)C(C)C)c1.COc1cc(C(C)=O)ccc1OC(=O)C(C)C(C)C.COc1cc(NC(=O)C(C(C)C)C(C)C)c(OC)cc1C. The molecule has 4 amide bonds. The van der Waals surface area contributed by atoms with Gasteiger partial charge in [-0.05, 0) is 195 Å². The van der Waals surface area contributed by atoms with Crippen LogP contribution in [0.2, 0.25) is 0 Å². The third kappa shape index (κ3) is 41.1. The topological polar surface area (TPSA) is 323 Å². The summed E-state index contributed by atoms with van der Waals surface area (Å²) < 4.78 is 26.1. The number of pyridine rings is 1. The van der Waals surface area contributed by atoms with Gasteiger partial charge in [0.15, 0.2) is 28.8 Å². The van der Waals surface area contributed by atoms with Crippen molar-refractivity contribution < 1.29 is 86.3 Å². The highest BCUT2D eigenvalue weighted by atomic mass is 16.6. The quantitative estimate of drug-likeness (QED) is 0.0157. The largest absolute Gasteiger partial charge is 0.496 e. The number of carbonyl (C=O) groups excluding carboxylic acids is 11. The Morgan fingerprint density at radius 2 is 0.955 bits per heavy atom. The summed E-state index contributed by atoms with van der Waals surface area (Å²) in [5, 5.41) is 17.2. The molecular formula is C111H165N5O18. The zero-order valence-corrected chi connectivity index (χ0v) is 87.3. The predicted octanol–water partition coefficient (Wildman–Crippen LogP) is 22.8. The predicted molar refractivity (Wildman–Crippen MR) is 538 cm³/mol. The Balaban J connectivity index is 0.000000798. The first-order chi connectivity index (χ1) is 62.6. The Bertz CT molecular complexity index is 4630. The molecule has 742 valence electrons. The van der Waals surface area contributed by atoms with Crippen LogP contribution < -0.4 is 34.9 Å². The molecule has 0 spiro atoms. The van der Waals surface area contributed by atoms with E-state index in [2.05, 4.69) is 124 Å². The molecule has 0 saturated heterocycles. The smallest absolute Gasteiger partial charge is 0.338 e. The van der Waals surface area contributed by atoms with Gasteiger partial charge < -0.3 is 44.7 Å². The molecule has 1 aliphatic heterocycles. The fourth-order valence-corrected chi connectivity index (χ4v) is 16.4. The maximum absolute atomic E-state index is 13.0. The number of carboxylic acid groups (broad SMARTS) is 1. The normalized spacial score (nSPS) is 12.7. The number of ketones is 5. The molecule has 1 aliphatic rings. The Morgan fingerprint density at radius 1 is 0.455 bits per heavy atom. The van der Waals surface area contributed by atoms with E-state index in [1.807, 2.05) is 164 Å². The van der Waals surface area contributed by atoms with E-state index in [4.69, 9.17) is 28.8 Å². The lowest BCUT2D eigenvalue weighted by Gasteiger charge is -2.31. The lowest BCUT2D eigenvalue weighted by molar-refractivity contribution is -0.144. The number of nitrogens with one attached hydrogen (secondary N) is 3. The van der Waals surface area contributed by atoms with E-state index in [9.17, 15) is 57.5 Å². The number of hydrogen-bond acceptors (Lipinski definition) is 18. The molecule has 134 heavy (non-hydrogen) atoms. The average Bonchev–Trinajstić information content (AvgIpc) is 1.61. The lowest BCUT2D eigenvalue weighted by Crippen LogP contribution is -2.51. The molecule has 2 heterocycles. The van der Waals surface area contributed by atoms with E-state index in [1.54, 1.807) is 88.9 Å². The number of ether oxygens (including phenoxy) is 5. The minimum atomic E-state index is -0.711. The van der Waals surface area contributed by atoms with Crippen molar-refractivity contribution in [3.05, 3.63) is 185 Å². The third-order valence-corrected chi connectivity index (χ3v) is 23.6. The number of anilines is 1. The number of amides is 4. The van der Waals surface area contributed by atoms with Crippen LogP contribution in [0.3, 0.4) is 0 Å². The average molecular weight is 1860 g/mol. The molecular weight excluding hydrogens is 1690 g/mol. The molecule has 0 fully saturated rings. The van der Waals surface area contributed by atoms with Gasteiger partial charge in [-0.2, -0.15) is 0 Å². The summed E-state index contributed by atoms with van der Waals surface area (Å²) in [6.07, 6.45) is 5.87. The summed E-state index contributed by atoms with van der Waals surface area (Å²) in [4.78, 5) is 150. The Morgan fingerprint density at radius 3 is 1.39 bits per heavy atom. The van der Waals surface area contributed by atoms with Gasteiger partial charge in [-0.15, -0.1) is 0 Å². The molecule has 5 aromatic carbocycles. The summed E-state index contributed by atoms with van der Waals surface area (Å²) >= 11 is 0. The van der Waals surface area contributed by atoms with Crippen LogP contribution >= 0.6 is 0 Å². The number of carbonyl (C=O) groups is 12. The van der Waals surface area contributed by atoms with Crippen molar-refractivity contribution in [2.75, 3.05) is 46.3 Å². The molecule has 0 bridgehead atoms. The second kappa shape index (κ2) is 61.1. The van der Waals surface area contributed by atoms with E-state index in [1.165, 1.54) is 25.1 Å². The standard InChI is InChI=1S/C23H32N2O3.C19H22N2O2.C19H28O3.C17H27NO3.C15H20O4.C9H18O2.C9H18O/c1-13(2)20(14(3)4)19(26)12-24-22(27)21(15(5)6)25-16(7)17-10-8-9-11-18(17)23(25)28;1-14(2)17(11-15-7-4-3-5-8-15)18(22)13-21-19(23)16-9-6-10-20-12-16;1-6-22-19(21)16-9-7-8-15(11-16)12-18(20)17(14(4)5)10-13(2)3;1-10(2)16(11(3)4)17(19)18-13-9-14(20-6)12(5)8-15(13)21-7;1-9(2)10(3)15(17)19-13-7-6-12(11(4)16)8-14(13)18-5;1-6(2)5-8(7(3)4)9(10)11;1-6(2)9(7(3)4)8(5)10/h8-11,13-15,20-21H,7,12H2,1-6H3,(H,24,27);3-10,12,14,17H,11,13H2,1-2H3,(H,21,23);7-9,11,13-14,17H,6,10,12H2,1-5H3;8-11,16H,1-7H3,(H,18,19);6-10H,1-5H3;6-8H,5H2,1-4H3,(H,10,11);6-7,9H,1-5H3. The molecule has 6 aromatic rings. The number of benzene rings is 5. The molecule has 7 rings (SSSR count). The van der Waals surface area contributed by atoms with E-state index in [0.717, 1.165) is 40.8 Å². The second-order valence-electron chi connectivity index (χ2n) is 39.4. The summed E-state index contributed by atoms with van der Waals surface area (Å²) in [5.41, 5.74) is 6.97. The second-order valence-corrected chi connectivity index (χ2v) is 39.4. The van der Waals surface area contributed by atoms with Crippen LogP contribution in [0.15, 0.2) is 140 Å². The van der Waals surface area contributed by atoms with Gasteiger partial charge in [0.2, 0.25) is 11.8 Å². The van der Waals surface area contributed by atoms with Crippen LogP contribution in [0.4, 0.5) is 5.69 Å². The van der Waals surface area contributed by atoms with Crippen molar-refractivity contribution in [2.24, 2.45) is 118 Å². The van der Waals surface area contributed by atoms with Crippen LogP contribution in [0.1, 0.15) is 284 Å². The number of esters is 2. The molecule has 0 aliphatic carbocycles. The van der Waals surface area contributed by atoms with Crippen molar-refractivity contribution in [3.8, 4) is 23.0 Å². The molecule has 4 N–H and O–H groups in total. The zero-order valence-electron chi connectivity index (χ0n) is 87.3. The number of aromatic nitrogens is 1. The van der Waals surface area contributed by atoms with Crippen molar-refractivity contribution in [1.29, 1.82) is 0 Å². The van der Waals surface area contributed by atoms with Gasteiger partial charge in [0.25, 0.3) is 11.8 Å². The lowest BCUT2D eigenvalue weighted by atomic mass is 9.82. The van der Waals surface area contributed by atoms with Crippen LogP contribution in [0.5, 0.6) is 23.0 Å². The van der Waals surface area contributed by atoms with Gasteiger partial charge in [0.1, 0.15) is 29.1 Å². The number of carboxylic acids is 1. The number of methoxy groups -OCH3 is 3. The molecule has 5 unspecified atom stereocenters. The maximum atomic E-state index is 13.0. The third-order valence-electron chi connectivity index (χ3n) is 23.6. The number of nitrogens with zero attached hydrogens (tertiary/aromatic N) is 2. The van der Waals surface area contributed by atoms with E-state index in [-0.39, 0.29) is 161 Å². The van der Waals surface area contributed by atoms with Crippen molar-refractivity contribution in [3.63, 3.8) is 0 Å². The van der Waals surface area contributed by atoms with Crippen molar-refractivity contribution >= 4 is 81.8 Å². The first-order valence-corrected chi connectivity index (χ1v) is 47.7. The van der Waals surface area contributed by atoms with Crippen LogP contribution in [0, 0.1) is 125 Å². The molecule has 0 saturated carbocycles. The highest BCUT2D eigenvalue weighted by Crippen LogP contribution is 2.38. The number of rotatable bonds is 41. The Kier molecular flexibility index (Phi) is 55.2. The molecule has 1 aromatic heterocycles. The summed E-state index contributed by atoms with van der Waals surface area (Å²) in [6.45, 7) is 66.2. The van der Waals surface area contributed by atoms with E-state index >= 15 is 0 Å². The van der Waals surface area contributed by atoms with Crippen LogP contribution in [0.25, 0.3) is 5.70 Å². The van der Waals surface area contributed by atoms with Gasteiger partial charge in [0, 0.05) is 76.9 Å². The summed E-state index contributed by atoms with van der Waals surface area (Å²) in [7, 11) is 4.69. The molecule has 23 heteroatoms. The summed E-state index contributed by atoms with van der Waals surface area (Å²) in [5.74, 6) is 4.11. The van der Waals surface area contributed by atoms with Crippen molar-refractivity contribution in [1.82, 2.24) is 20.5 Å². The number of hydrogen-bond donors (Lipinski definition) is 4. The van der Waals surface area contributed by atoms with Gasteiger partial charge in [-0.3, -0.25) is 62.6 Å². The zero-order chi connectivity index (χ0) is 103. The van der Waals surface area contributed by atoms with Crippen LogP contribution in [-0.4, -0.2) is 133 Å². The first-order valence-electron chi connectivity index (χ1n) is 47.7. The maximum Gasteiger partial charge on any atom is 0.338 e. The molecule has 23 nitrogen and oxygen atoms in total. The van der Waals surface area contributed by atoms with E-state index < -0.39 is 12.0 Å². The number of Topliss-reactive ketones (excluding diaryl/α,β-unsaturated/α-hetero) is 5. The van der Waals surface area contributed by atoms with Gasteiger partial charge >= 0.3 is 17.9 Å². The number of aryl methyl sites for hydroxylation is 1. The highest BCUT2D eigenvalue weighted by molar-refractivity contribution is 6.11. The molecule has 5 atom stereocenters. The van der Waals surface area contributed by atoms with Crippen molar-refractivity contribution in [2.45, 2.75) is 246 Å².